The minimum absolute atomic E-state index is 0.0423. The van der Waals surface area contributed by atoms with Gasteiger partial charge in [-0.05, 0) is 234 Å². The number of hydrogen-bond donors (Lipinski definition) is 4. The van der Waals surface area contributed by atoms with Crippen molar-refractivity contribution >= 4 is 189 Å². The Morgan fingerprint density at radius 1 is 0.531 bits per heavy atom. The molecule has 4 atom stereocenters. The number of allylic oxidation sites excluding steroid dienone is 2. The second kappa shape index (κ2) is 53.0. The lowest BCUT2D eigenvalue weighted by molar-refractivity contribution is -0.148. The minimum atomic E-state index is -1.17. The number of nitrogens with one attached hydrogen (secondary N) is 3. The van der Waals surface area contributed by atoms with Gasteiger partial charge in [0.25, 0.3) is 17.4 Å². The number of carboxylic acid groups (broad SMARTS) is 1. The molecule has 0 aliphatic heterocycles. The summed E-state index contributed by atoms with van der Waals surface area (Å²) in [6, 6.07) is 61.5. The van der Waals surface area contributed by atoms with E-state index in [4.69, 9.17) is 105 Å². The number of benzene rings is 10. The second-order valence-corrected chi connectivity index (χ2v) is 39.0. The number of ether oxygens (including phenoxy) is 5. The normalized spacial score (nSPS) is 13.2. The van der Waals surface area contributed by atoms with E-state index >= 15 is 0 Å². The highest BCUT2D eigenvalue weighted by Gasteiger charge is 2.53. The Balaban J connectivity index is 0.000000175. The van der Waals surface area contributed by atoms with Crippen molar-refractivity contribution in [3.8, 4) is 28.3 Å². The summed E-state index contributed by atoms with van der Waals surface area (Å²) >= 11 is 46.7. The van der Waals surface area contributed by atoms with Crippen LogP contribution in [0.3, 0.4) is 0 Å². The smallest absolute Gasteiger partial charge is 0.335 e. The Morgan fingerprint density at radius 3 is 1.59 bits per heavy atom. The van der Waals surface area contributed by atoms with Gasteiger partial charge in [0, 0.05) is 88.7 Å². The van der Waals surface area contributed by atoms with Gasteiger partial charge in [0.15, 0.2) is 17.3 Å². The van der Waals surface area contributed by atoms with Gasteiger partial charge >= 0.3 is 29.6 Å². The standard InChI is InChI=1S/C31H33Cl3N2O4.C29H30BrN3O3.C29H27Cl2N3O5.C24H21Cl2NO5/c1-4-36(5-2)16-17-40-31(39)26(35-30(38)28-20(3)8-6-9-23(28)32)18-21-12-14-22(15-13-21)19-27(37)29-24(33)10-7-11-25(29)34;1-2-36-28(35)21(17-24-25(30)26(34)29(24)12-4-3-5-13-29)16-19-6-8-22(9-7-19)33-27-23-18-31-14-10-20(23)11-15-32-27;1-32(2)20-12-13-24-21(16-20)27(36)34(29(38)33(24)3)19-10-8-17(9-11-19)14-18(28(37)39-4)15-25(35)26-22(30)6-5-7-23(26)31;1-31-19-7-4-8-20(32-2)21(19)15-11-9-14(10-12-15)13-18(24(29)30)27-23(28)22-16(25)5-3-6-17(22)26/h6-15,26H,4-5,16-19H2,1-3H3,(H,35,38);6-11,14-15,18,21H,2-5,12-13,16-17H2,1H3,(H,32,33);5-13,16,18H,14-15H2,1-4H3;3-12,18H,13H2,1-2H3,(H,27,28)(H,29,30)/t26-;;2*18-/m0.10/s1. The van der Waals surface area contributed by atoms with Crippen molar-refractivity contribution in [1.29, 1.82) is 0 Å². The zero-order valence-electron chi connectivity index (χ0n) is 82.5. The number of pyridine rings is 2. The van der Waals surface area contributed by atoms with Crippen LogP contribution in [0.15, 0.2) is 257 Å². The molecule has 0 saturated heterocycles. The number of halogens is 8. The fourth-order valence-electron chi connectivity index (χ4n) is 17.8. The van der Waals surface area contributed by atoms with Crippen LogP contribution >= 0.6 is 97.1 Å². The molecule has 147 heavy (non-hydrogen) atoms. The lowest BCUT2D eigenvalue weighted by Gasteiger charge is -2.46. The third-order valence-corrected chi connectivity index (χ3v) is 28.8. The largest absolute Gasteiger partial charge is 0.496 e. The van der Waals surface area contributed by atoms with Crippen LogP contribution in [-0.4, -0.2) is 163 Å². The van der Waals surface area contributed by atoms with Gasteiger partial charge in [-0.25, -0.2) is 23.9 Å². The third-order valence-electron chi connectivity index (χ3n) is 25.7. The Morgan fingerprint density at radius 2 is 1.03 bits per heavy atom. The predicted molar refractivity (Wildman–Crippen MR) is 583 cm³/mol. The number of likely N-dealkylation sites (N-methyl/N-ethyl adjacent to an activating group) is 1. The van der Waals surface area contributed by atoms with E-state index in [2.05, 4.69) is 46.7 Å². The molecule has 2 amide bonds. The minimum Gasteiger partial charge on any atom is -0.496 e. The maximum atomic E-state index is 13.4. The van der Waals surface area contributed by atoms with Crippen LogP contribution in [0.5, 0.6) is 11.5 Å². The fourth-order valence-corrected chi connectivity index (χ4v) is 20.8. The molecule has 1 saturated carbocycles. The number of anilines is 3. The summed E-state index contributed by atoms with van der Waals surface area (Å²) in [5, 5.41) is 22.4. The van der Waals surface area contributed by atoms with Crippen molar-refractivity contribution in [3.05, 3.63) is 359 Å². The number of carbonyl (C=O) groups is 9. The zero-order chi connectivity index (χ0) is 106. The van der Waals surface area contributed by atoms with Crippen molar-refractivity contribution in [2.75, 3.05) is 78.5 Å². The average Bonchev–Trinajstić information content (AvgIpc) is 0.721. The van der Waals surface area contributed by atoms with Crippen LogP contribution in [0.25, 0.3) is 38.5 Å². The van der Waals surface area contributed by atoms with Crippen LogP contribution in [0.2, 0.25) is 35.2 Å². The molecule has 0 bridgehead atoms. The fraction of sp³-hybridized carbons (Fsp3) is 0.283. The van der Waals surface area contributed by atoms with E-state index in [-0.39, 0.29) is 105 Å². The van der Waals surface area contributed by atoms with E-state index in [0.29, 0.717) is 95.9 Å². The van der Waals surface area contributed by atoms with Crippen molar-refractivity contribution < 1.29 is 71.9 Å². The van der Waals surface area contributed by atoms with Crippen LogP contribution in [-0.2, 0) is 77.3 Å². The quantitative estimate of drug-likeness (QED) is 0.0160. The molecule has 13 aromatic rings. The summed E-state index contributed by atoms with van der Waals surface area (Å²) in [5.41, 5.74) is 9.69. The molecule has 15 rings (SSSR count). The Labute approximate surface area is 895 Å². The molecule has 1 spiro atoms. The number of carbonyl (C=O) groups excluding carboxylic acids is 8. The van der Waals surface area contributed by atoms with E-state index < -0.39 is 59.0 Å². The maximum absolute atomic E-state index is 13.4. The average molecular weight is 2200 g/mol. The molecule has 2 aliphatic carbocycles. The molecule has 1 unspecified atom stereocenters. The summed E-state index contributed by atoms with van der Waals surface area (Å²) in [6.07, 6.45) is 12.0. The number of methoxy groups -OCH3 is 3. The number of fused-ring (bicyclic) bond motifs is 2. The third kappa shape index (κ3) is 28.3. The summed E-state index contributed by atoms with van der Waals surface area (Å²) in [6.45, 7) is 10.5. The number of aliphatic carboxylic acids is 1. The highest BCUT2D eigenvalue weighted by atomic mass is 79.9. The number of aryl methyl sites for hydroxylation is 2. The maximum Gasteiger partial charge on any atom is 0.335 e. The molecule has 34 heteroatoms. The van der Waals surface area contributed by atoms with Gasteiger partial charge in [-0.3, -0.25) is 47.9 Å². The predicted octanol–water partition coefficient (Wildman–Crippen LogP) is 23.0. The first-order chi connectivity index (χ1) is 70.5. The van der Waals surface area contributed by atoms with Gasteiger partial charge in [-0.1, -0.05) is 224 Å². The number of carboxylic acids is 1. The van der Waals surface area contributed by atoms with Crippen molar-refractivity contribution in [2.24, 2.45) is 24.3 Å². The van der Waals surface area contributed by atoms with Crippen molar-refractivity contribution in [3.63, 3.8) is 0 Å². The summed E-state index contributed by atoms with van der Waals surface area (Å²) in [7, 11) is 9.79. The Hall–Kier alpha value is -13.1. The highest BCUT2D eigenvalue weighted by Crippen LogP contribution is 2.57. The number of esters is 3. The number of hydrogen-bond acceptors (Lipinski definition) is 21. The molecule has 0 radical (unpaired) electrons. The first kappa shape index (κ1) is 113. The van der Waals surface area contributed by atoms with Crippen molar-refractivity contribution in [1.82, 2.24) is 34.6 Å². The summed E-state index contributed by atoms with van der Waals surface area (Å²) < 4.78 is 30.1. The molecule has 10 aromatic carbocycles. The van der Waals surface area contributed by atoms with Gasteiger partial charge in [-0.2, -0.15) is 0 Å². The van der Waals surface area contributed by atoms with Gasteiger partial charge in [0.2, 0.25) is 0 Å². The molecule has 2 aliphatic rings. The molecule has 766 valence electrons. The molecule has 4 N–H and O–H groups in total. The van der Waals surface area contributed by atoms with Gasteiger partial charge in [0.1, 0.15) is 36.0 Å². The number of Topliss-reactive ketones (excluding diaryl/α,β-unsaturated/α-hetero) is 3. The summed E-state index contributed by atoms with van der Waals surface area (Å²) in [4.78, 5) is 154. The number of amides is 2. The first-order valence-electron chi connectivity index (χ1n) is 47.5. The molecule has 26 nitrogen and oxygen atoms in total. The van der Waals surface area contributed by atoms with E-state index in [1.54, 1.807) is 168 Å². The highest BCUT2D eigenvalue weighted by molar-refractivity contribution is 9.12. The Bertz CT molecular complexity index is 7050. The van der Waals surface area contributed by atoms with Gasteiger partial charge < -0.3 is 54.5 Å². The van der Waals surface area contributed by atoms with E-state index in [1.807, 2.05) is 125 Å². The number of ketones is 3. The molecular formula is C113H111BrCl7N9O17. The number of rotatable bonds is 37. The van der Waals surface area contributed by atoms with E-state index in [1.165, 1.54) is 30.2 Å². The lowest BCUT2D eigenvalue weighted by Crippen LogP contribution is -2.45. The van der Waals surface area contributed by atoms with Crippen LogP contribution in [0.1, 0.15) is 141 Å². The van der Waals surface area contributed by atoms with Gasteiger partial charge in [-0.15, -0.1) is 0 Å². The number of nitrogens with zero attached hydrogens (tertiary/aromatic N) is 6. The number of aromatic nitrogens is 4. The van der Waals surface area contributed by atoms with Gasteiger partial charge in [0.05, 0.1) is 129 Å². The molecule has 3 heterocycles. The van der Waals surface area contributed by atoms with Crippen molar-refractivity contribution in [2.45, 2.75) is 117 Å². The van der Waals surface area contributed by atoms with Crippen LogP contribution < -0.4 is 41.6 Å². The molecular weight excluding hydrogens is 2080 g/mol. The monoisotopic (exact) mass is 2190 g/mol. The molecule has 3 aromatic heterocycles. The summed E-state index contributed by atoms with van der Waals surface area (Å²) in [5.74, 6) is -2.96. The van der Waals surface area contributed by atoms with E-state index in [0.717, 1.165) is 110 Å². The molecule has 1 fully saturated rings. The second-order valence-electron chi connectivity index (χ2n) is 35.4. The van der Waals surface area contributed by atoms with E-state index in [9.17, 15) is 57.8 Å². The Kier molecular flexibility index (Phi) is 40.6. The SMILES string of the molecule is CCN(CC)CCOC(=O)[C@H](Cc1ccc(CC(=O)c2c(Cl)cccc2Cl)cc1)NC(=O)c1c(C)cccc1Cl.CCOC(=O)C(CC1=C(Br)C(=O)C12CCCCC2)Cc1ccc(Nc2nccc3ccncc23)cc1.COC(=O)[C@@H](CC(=O)c1c(Cl)cccc1Cl)Cc1ccc(-n2c(=O)c3cc(N(C)C)ccc3n(C)c2=O)cc1.COc1cccc(OC)c1-c1ccc(C[C@H](NC(=O)c2c(Cl)cccc2Cl)C(=O)O)cc1. The first-order valence-corrected chi connectivity index (χ1v) is 51.0. The zero-order valence-corrected chi connectivity index (χ0v) is 89.4. The topological polar surface area (TPSA) is 332 Å². The van der Waals surface area contributed by atoms with Crippen LogP contribution in [0.4, 0.5) is 17.2 Å². The van der Waals surface area contributed by atoms with Crippen LogP contribution in [0, 0.1) is 24.2 Å². The lowest BCUT2D eigenvalue weighted by atomic mass is 9.58.